The fourth-order valence-corrected chi connectivity index (χ4v) is 2.28. The molecule has 2 unspecified atom stereocenters. The minimum Gasteiger partial charge on any atom is -0.339 e. The lowest BCUT2D eigenvalue weighted by Gasteiger charge is -2.35. The molecule has 1 aliphatic rings. The highest BCUT2D eigenvalue weighted by Gasteiger charge is 2.28. The Morgan fingerprint density at radius 2 is 2.22 bits per heavy atom. The molecule has 0 aromatic carbocycles. The van der Waals surface area contributed by atoms with E-state index in [-0.39, 0.29) is 12.0 Å². The lowest BCUT2D eigenvalue weighted by atomic mass is 10.1. The van der Waals surface area contributed by atoms with Gasteiger partial charge < -0.3 is 15.2 Å². The van der Waals surface area contributed by atoms with Gasteiger partial charge in [0.15, 0.2) is 5.82 Å². The highest BCUT2D eigenvalue weighted by Crippen LogP contribution is 2.23. The molecule has 0 spiro atoms. The van der Waals surface area contributed by atoms with Gasteiger partial charge in [-0.25, -0.2) is 0 Å². The third-order valence-corrected chi connectivity index (χ3v) is 3.73. The molecule has 1 aliphatic heterocycles. The Bertz CT molecular complexity index is 376. The van der Waals surface area contributed by atoms with Gasteiger partial charge in [0.25, 0.3) is 0 Å². The van der Waals surface area contributed by atoms with E-state index in [1.807, 2.05) is 0 Å². The largest absolute Gasteiger partial charge is 0.339 e. The zero-order valence-corrected chi connectivity index (χ0v) is 11.5. The van der Waals surface area contributed by atoms with E-state index in [1.165, 1.54) is 0 Å². The van der Waals surface area contributed by atoms with Crippen molar-refractivity contribution in [2.75, 3.05) is 40.3 Å². The van der Waals surface area contributed by atoms with Crippen LogP contribution in [0.2, 0.25) is 0 Å². The van der Waals surface area contributed by atoms with Crippen LogP contribution >= 0.6 is 0 Å². The number of piperazine rings is 1. The Balaban J connectivity index is 2.13. The van der Waals surface area contributed by atoms with Crippen molar-refractivity contribution >= 4 is 0 Å². The van der Waals surface area contributed by atoms with Crippen molar-refractivity contribution in [3.8, 4) is 0 Å². The predicted molar refractivity (Wildman–Crippen MR) is 69.3 cm³/mol. The van der Waals surface area contributed by atoms with Crippen molar-refractivity contribution < 1.29 is 4.52 Å². The Morgan fingerprint density at radius 3 is 2.89 bits per heavy atom. The van der Waals surface area contributed by atoms with E-state index in [0.717, 1.165) is 31.9 Å². The molecule has 2 rings (SSSR count). The molecule has 0 radical (unpaired) electrons. The summed E-state index contributed by atoms with van der Waals surface area (Å²) in [6.45, 7) is 5.69. The van der Waals surface area contributed by atoms with Gasteiger partial charge in [0.1, 0.15) is 0 Å². The van der Waals surface area contributed by atoms with Gasteiger partial charge in [0.2, 0.25) is 5.89 Å². The lowest BCUT2D eigenvalue weighted by Crippen LogP contribution is -2.45. The van der Waals surface area contributed by atoms with Gasteiger partial charge in [-0.3, -0.25) is 4.90 Å². The van der Waals surface area contributed by atoms with Crippen molar-refractivity contribution in [3.63, 3.8) is 0 Å². The maximum atomic E-state index is 5.71. The second-order valence-electron chi connectivity index (χ2n) is 5.09. The Kier molecular flexibility index (Phi) is 4.31. The van der Waals surface area contributed by atoms with Crippen LogP contribution in [-0.4, -0.2) is 60.2 Å². The highest BCUT2D eigenvalue weighted by atomic mass is 16.5. The van der Waals surface area contributed by atoms with Crippen LogP contribution in [0.4, 0.5) is 0 Å². The first-order valence-corrected chi connectivity index (χ1v) is 6.58. The molecule has 0 amide bonds. The minimum atomic E-state index is 0.179. The third-order valence-electron chi connectivity index (χ3n) is 3.73. The molecule has 1 aromatic heterocycles. The van der Waals surface area contributed by atoms with Gasteiger partial charge in [0.05, 0.1) is 12.0 Å². The van der Waals surface area contributed by atoms with Crippen LogP contribution in [0.15, 0.2) is 4.52 Å². The highest BCUT2D eigenvalue weighted by molar-refractivity contribution is 5.01. The van der Waals surface area contributed by atoms with Crippen molar-refractivity contribution in [2.45, 2.75) is 25.3 Å². The lowest BCUT2D eigenvalue weighted by molar-refractivity contribution is 0.108. The van der Waals surface area contributed by atoms with E-state index in [1.54, 1.807) is 0 Å². The zero-order chi connectivity index (χ0) is 13.1. The predicted octanol–water partition coefficient (Wildman–Crippen LogP) is 0.440. The molecular formula is C12H23N5O. The van der Waals surface area contributed by atoms with E-state index in [2.05, 4.69) is 41.0 Å². The fourth-order valence-electron chi connectivity index (χ4n) is 2.28. The summed E-state index contributed by atoms with van der Waals surface area (Å²) in [6, 6.07) is 0.219. The van der Waals surface area contributed by atoms with Crippen molar-refractivity contribution in [3.05, 3.63) is 11.7 Å². The van der Waals surface area contributed by atoms with E-state index in [4.69, 9.17) is 10.3 Å². The van der Waals surface area contributed by atoms with Crippen LogP contribution in [0.25, 0.3) is 0 Å². The number of nitrogens with two attached hydrogens (primary N) is 1. The first-order chi connectivity index (χ1) is 8.65. The average molecular weight is 253 g/mol. The standard InChI is InChI=1S/C12H23N5O/c1-4-9(7-13)12-14-11(15-18-12)10-8-16(2)5-6-17(10)3/h9-10H,4-8,13H2,1-3H3. The van der Waals surface area contributed by atoms with Crippen LogP contribution in [0.1, 0.15) is 37.0 Å². The molecule has 2 N–H and O–H groups in total. The fraction of sp³-hybridized carbons (Fsp3) is 0.833. The molecule has 2 atom stereocenters. The molecule has 0 saturated carbocycles. The number of hydrogen-bond acceptors (Lipinski definition) is 6. The number of aromatic nitrogens is 2. The zero-order valence-electron chi connectivity index (χ0n) is 11.5. The normalized spacial score (nSPS) is 24.3. The third kappa shape index (κ3) is 2.71. The molecule has 18 heavy (non-hydrogen) atoms. The molecular weight excluding hydrogens is 230 g/mol. The minimum absolute atomic E-state index is 0.179. The van der Waals surface area contributed by atoms with Gasteiger partial charge in [-0.05, 0) is 20.5 Å². The number of rotatable bonds is 4. The summed E-state index contributed by atoms with van der Waals surface area (Å²) in [5.41, 5.74) is 5.71. The SMILES string of the molecule is CCC(CN)c1nc(C2CN(C)CCN2C)no1. The second kappa shape index (κ2) is 5.77. The number of likely N-dealkylation sites (N-methyl/N-ethyl adjacent to an activating group) is 2. The molecule has 102 valence electrons. The van der Waals surface area contributed by atoms with E-state index in [9.17, 15) is 0 Å². The van der Waals surface area contributed by atoms with Gasteiger partial charge in [-0.2, -0.15) is 4.98 Å². The van der Waals surface area contributed by atoms with Crippen LogP contribution in [0.5, 0.6) is 0 Å². The van der Waals surface area contributed by atoms with Crippen LogP contribution in [-0.2, 0) is 0 Å². The smallest absolute Gasteiger partial charge is 0.231 e. The summed E-state index contributed by atoms with van der Waals surface area (Å²) >= 11 is 0. The molecule has 1 fully saturated rings. The molecule has 0 bridgehead atoms. The summed E-state index contributed by atoms with van der Waals surface area (Å²) in [4.78, 5) is 9.10. The average Bonchev–Trinajstić information content (AvgIpc) is 2.83. The second-order valence-corrected chi connectivity index (χ2v) is 5.09. The monoisotopic (exact) mass is 253 g/mol. The molecule has 6 heteroatoms. The number of hydrogen-bond donors (Lipinski definition) is 1. The Hall–Kier alpha value is -0.980. The van der Waals surface area contributed by atoms with Crippen LogP contribution in [0, 0.1) is 0 Å². The maximum absolute atomic E-state index is 5.71. The van der Waals surface area contributed by atoms with E-state index >= 15 is 0 Å². The van der Waals surface area contributed by atoms with Crippen molar-refractivity contribution in [2.24, 2.45) is 5.73 Å². The van der Waals surface area contributed by atoms with E-state index < -0.39 is 0 Å². The summed E-state index contributed by atoms with van der Waals surface area (Å²) in [5.74, 6) is 1.64. The Labute approximate surface area is 108 Å². The summed E-state index contributed by atoms with van der Waals surface area (Å²) in [6.07, 6.45) is 0.929. The molecule has 1 saturated heterocycles. The molecule has 2 heterocycles. The van der Waals surface area contributed by atoms with Gasteiger partial charge >= 0.3 is 0 Å². The molecule has 1 aromatic rings. The quantitative estimate of drug-likeness (QED) is 0.839. The topological polar surface area (TPSA) is 71.4 Å². The van der Waals surface area contributed by atoms with E-state index in [0.29, 0.717) is 12.4 Å². The van der Waals surface area contributed by atoms with Gasteiger partial charge in [-0.15, -0.1) is 0 Å². The summed E-state index contributed by atoms with van der Waals surface area (Å²) in [7, 11) is 4.23. The van der Waals surface area contributed by atoms with Crippen molar-refractivity contribution in [1.82, 2.24) is 19.9 Å². The van der Waals surface area contributed by atoms with Crippen LogP contribution < -0.4 is 5.73 Å². The summed E-state index contributed by atoms with van der Waals surface area (Å²) < 4.78 is 5.36. The molecule has 6 nitrogen and oxygen atoms in total. The van der Waals surface area contributed by atoms with Gasteiger partial charge in [-0.1, -0.05) is 12.1 Å². The molecule has 0 aliphatic carbocycles. The number of nitrogens with zero attached hydrogens (tertiary/aromatic N) is 4. The first kappa shape index (κ1) is 13.5. The summed E-state index contributed by atoms with van der Waals surface area (Å²) in [5, 5.41) is 4.13. The van der Waals surface area contributed by atoms with Gasteiger partial charge in [0, 0.05) is 26.2 Å². The Morgan fingerprint density at radius 1 is 1.44 bits per heavy atom. The van der Waals surface area contributed by atoms with Crippen LogP contribution in [0.3, 0.4) is 0 Å². The van der Waals surface area contributed by atoms with Crippen molar-refractivity contribution in [1.29, 1.82) is 0 Å². The first-order valence-electron chi connectivity index (χ1n) is 6.58. The maximum Gasteiger partial charge on any atom is 0.231 e.